The number of hydrogen-bond acceptors (Lipinski definition) is 5. The minimum Gasteiger partial charge on any atom is -0.324 e. The van der Waals surface area contributed by atoms with Crippen LogP contribution in [-0.4, -0.2) is 22.0 Å². The molecule has 0 aliphatic rings. The van der Waals surface area contributed by atoms with Crippen LogP contribution in [0.5, 0.6) is 0 Å². The molecular weight excluding hydrogens is 333 g/mol. The van der Waals surface area contributed by atoms with Gasteiger partial charge in [0.25, 0.3) is 0 Å². The molecular formula is C16H13Cl2N5. The van der Waals surface area contributed by atoms with Crippen LogP contribution in [0, 0.1) is 0 Å². The predicted molar refractivity (Wildman–Crippen MR) is 94.1 cm³/mol. The van der Waals surface area contributed by atoms with Gasteiger partial charge in [-0.2, -0.15) is 4.98 Å². The lowest BCUT2D eigenvalue weighted by Gasteiger charge is -2.17. The van der Waals surface area contributed by atoms with E-state index in [9.17, 15) is 0 Å². The number of hydrogen-bond donors (Lipinski definition) is 1. The molecule has 0 aliphatic carbocycles. The second-order valence-electron chi connectivity index (χ2n) is 4.78. The fraction of sp³-hybridized carbons (Fsp3) is 0.0625. The van der Waals surface area contributed by atoms with Gasteiger partial charge in [-0.3, -0.25) is 0 Å². The summed E-state index contributed by atoms with van der Waals surface area (Å²) in [5.41, 5.74) is 1.69. The summed E-state index contributed by atoms with van der Waals surface area (Å²) in [6.45, 7) is 0. The van der Waals surface area contributed by atoms with Crippen LogP contribution in [0.25, 0.3) is 0 Å². The number of anilines is 4. The molecule has 0 aliphatic heterocycles. The van der Waals surface area contributed by atoms with Gasteiger partial charge in [-0.05, 0) is 36.4 Å². The minimum atomic E-state index is 0.436. The Morgan fingerprint density at radius 3 is 2.43 bits per heavy atom. The molecule has 0 radical (unpaired) electrons. The molecule has 7 heteroatoms. The lowest BCUT2D eigenvalue weighted by Crippen LogP contribution is -2.14. The van der Waals surface area contributed by atoms with Crippen LogP contribution < -0.4 is 10.2 Å². The number of benzene rings is 2. The maximum absolute atomic E-state index is 6.03. The summed E-state index contributed by atoms with van der Waals surface area (Å²) in [4.78, 5) is 14.6. The van der Waals surface area contributed by atoms with Crippen molar-refractivity contribution in [3.8, 4) is 0 Å². The Morgan fingerprint density at radius 2 is 1.70 bits per heavy atom. The quantitative estimate of drug-likeness (QED) is 0.743. The molecule has 1 heterocycles. The molecule has 3 aromatic rings. The lowest BCUT2D eigenvalue weighted by atomic mass is 10.3. The third-order valence-corrected chi connectivity index (χ3v) is 3.61. The van der Waals surface area contributed by atoms with Gasteiger partial charge in [0.2, 0.25) is 11.9 Å². The van der Waals surface area contributed by atoms with Crippen molar-refractivity contribution in [1.29, 1.82) is 0 Å². The fourth-order valence-corrected chi connectivity index (χ4v) is 2.38. The van der Waals surface area contributed by atoms with Crippen LogP contribution >= 0.6 is 23.2 Å². The SMILES string of the molecule is CN(c1cccc(Cl)c1)c1ncnc(Nc2cccc(Cl)c2)n1. The molecule has 116 valence electrons. The Morgan fingerprint density at radius 1 is 0.957 bits per heavy atom. The maximum atomic E-state index is 6.03. The van der Waals surface area contributed by atoms with E-state index in [0.29, 0.717) is 21.9 Å². The highest BCUT2D eigenvalue weighted by atomic mass is 35.5. The van der Waals surface area contributed by atoms with E-state index < -0.39 is 0 Å². The lowest BCUT2D eigenvalue weighted by molar-refractivity contribution is 0.990. The average Bonchev–Trinajstić information content (AvgIpc) is 2.54. The molecule has 0 saturated carbocycles. The number of nitrogens with one attached hydrogen (secondary N) is 1. The summed E-state index contributed by atoms with van der Waals surface area (Å²) in [5, 5.41) is 4.40. The number of nitrogens with zero attached hydrogens (tertiary/aromatic N) is 4. The molecule has 0 spiro atoms. The Kier molecular flexibility index (Phi) is 4.60. The standard InChI is InChI=1S/C16H13Cl2N5/c1-23(14-7-3-5-12(18)9-14)16-20-10-19-15(22-16)21-13-6-2-4-11(17)8-13/h2-10H,1H3,(H,19,20,21,22). The molecule has 2 aromatic carbocycles. The maximum Gasteiger partial charge on any atom is 0.234 e. The average molecular weight is 346 g/mol. The van der Waals surface area contributed by atoms with E-state index in [0.717, 1.165) is 11.4 Å². The molecule has 1 aromatic heterocycles. The molecule has 0 amide bonds. The molecule has 0 unspecified atom stereocenters. The van der Waals surface area contributed by atoms with Crippen LogP contribution in [0.15, 0.2) is 54.9 Å². The highest BCUT2D eigenvalue weighted by Crippen LogP contribution is 2.24. The van der Waals surface area contributed by atoms with Gasteiger partial charge in [0.05, 0.1) is 0 Å². The van der Waals surface area contributed by atoms with Crippen LogP contribution in [0.3, 0.4) is 0 Å². The number of halogens is 2. The van der Waals surface area contributed by atoms with Crippen molar-refractivity contribution in [3.05, 3.63) is 64.9 Å². The molecule has 0 saturated heterocycles. The van der Waals surface area contributed by atoms with E-state index in [1.807, 2.05) is 48.3 Å². The van der Waals surface area contributed by atoms with Gasteiger partial charge in [0, 0.05) is 28.5 Å². The van der Waals surface area contributed by atoms with Gasteiger partial charge < -0.3 is 10.2 Å². The van der Waals surface area contributed by atoms with E-state index in [4.69, 9.17) is 23.2 Å². The summed E-state index contributed by atoms with van der Waals surface area (Å²) < 4.78 is 0. The second-order valence-corrected chi connectivity index (χ2v) is 5.66. The largest absolute Gasteiger partial charge is 0.324 e. The van der Waals surface area contributed by atoms with Crippen LogP contribution in [0.4, 0.5) is 23.3 Å². The summed E-state index contributed by atoms with van der Waals surface area (Å²) >= 11 is 12.0. The van der Waals surface area contributed by atoms with Gasteiger partial charge in [-0.15, -0.1) is 0 Å². The third-order valence-electron chi connectivity index (χ3n) is 3.14. The zero-order valence-electron chi connectivity index (χ0n) is 12.2. The Bertz CT molecular complexity index is 825. The first kappa shape index (κ1) is 15.5. The van der Waals surface area contributed by atoms with E-state index in [-0.39, 0.29) is 0 Å². The molecule has 23 heavy (non-hydrogen) atoms. The highest BCUT2D eigenvalue weighted by molar-refractivity contribution is 6.31. The van der Waals surface area contributed by atoms with Crippen molar-refractivity contribution in [1.82, 2.24) is 15.0 Å². The molecule has 0 atom stereocenters. The summed E-state index contributed by atoms with van der Waals surface area (Å²) in [5.74, 6) is 0.943. The monoisotopic (exact) mass is 345 g/mol. The first-order chi connectivity index (χ1) is 11.1. The summed E-state index contributed by atoms with van der Waals surface area (Å²) in [6, 6.07) is 14.8. The number of aromatic nitrogens is 3. The van der Waals surface area contributed by atoms with E-state index in [1.54, 1.807) is 12.1 Å². The van der Waals surface area contributed by atoms with Gasteiger partial charge in [0.1, 0.15) is 6.33 Å². The van der Waals surface area contributed by atoms with Crippen LogP contribution in [-0.2, 0) is 0 Å². The van der Waals surface area contributed by atoms with E-state index in [2.05, 4.69) is 20.3 Å². The van der Waals surface area contributed by atoms with Gasteiger partial charge >= 0.3 is 0 Å². The molecule has 1 N–H and O–H groups in total. The Hall–Kier alpha value is -2.37. The van der Waals surface area contributed by atoms with Crippen molar-refractivity contribution in [3.63, 3.8) is 0 Å². The van der Waals surface area contributed by atoms with Crippen molar-refractivity contribution in [2.45, 2.75) is 0 Å². The van der Waals surface area contributed by atoms with E-state index in [1.165, 1.54) is 6.33 Å². The first-order valence-corrected chi connectivity index (χ1v) is 7.58. The fourth-order valence-electron chi connectivity index (χ4n) is 2.01. The Labute approximate surface area is 143 Å². The first-order valence-electron chi connectivity index (χ1n) is 6.83. The molecule has 0 fully saturated rings. The summed E-state index contributed by atoms with van der Waals surface area (Å²) in [6.07, 6.45) is 1.45. The van der Waals surface area contributed by atoms with Crippen molar-refractivity contribution in [2.75, 3.05) is 17.3 Å². The minimum absolute atomic E-state index is 0.436. The van der Waals surface area contributed by atoms with Crippen molar-refractivity contribution >= 4 is 46.5 Å². The van der Waals surface area contributed by atoms with Crippen LogP contribution in [0.2, 0.25) is 10.0 Å². The van der Waals surface area contributed by atoms with Crippen LogP contribution in [0.1, 0.15) is 0 Å². The summed E-state index contributed by atoms with van der Waals surface area (Å²) in [7, 11) is 1.87. The van der Waals surface area contributed by atoms with Gasteiger partial charge in [0.15, 0.2) is 0 Å². The van der Waals surface area contributed by atoms with Gasteiger partial charge in [-0.1, -0.05) is 35.3 Å². The van der Waals surface area contributed by atoms with Crippen molar-refractivity contribution < 1.29 is 0 Å². The molecule has 0 bridgehead atoms. The predicted octanol–water partition coefficient (Wildman–Crippen LogP) is 4.69. The molecule has 3 rings (SSSR count). The zero-order chi connectivity index (χ0) is 16.2. The van der Waals surface area contributed by atoms with E-state index >= 15 is 0 Å². The van der Waals surface area contributed by atoms with Crippen molar-refractivity contribution in [2.24, 2.45) is 0 Å². The topological polar surface area (TPSA) is 53.9 Å². The highest BCUT2D eigenvalue weighted by Gasteiger charge is 2.09. The normalized spacial score (nSPS) is 10.4. The Balaban J connectivity index is 1.85. The third kappa shape index (κ3) is 3.88. The zero-order valence-corrected chi connectivity index (χ0v) is 13.8. The van der Waals surface area contributed by atoms with Gasteiger partial charge in [-0.25, -0.2) is 9.97 Å². The smallest absolute Gasteiger partial charge is 0.234 e. The second kappa shape index (κ2) is 6.81. The molecule has 5 nitrogen and oxygen atoms in total. The number of rotatable bonds is 4.